The average molecular weight is 579 g/mol. The van der Waals surface area contributed by atoms with Crippen molar-refractivity contribution >= 4 is 22.6 Å². The Morgan fingerprint density at radius 3 is 2.22 bits per heavy atom. The molecule has 32 heavy (non-hydrogen) atoms. The zero-order valence-corrected chi connectivity index (χ0v) is 19.1. The highest BCUT2D eigenvalue weighted by molar-refractivity contribution is 14.1. The molecule has 0 saturated heterocycles. The highest BCUT2D eigenvalue weighted by Gasteiger charge is 2.73. The maximum absolute atomic E-state index is 13.8. The molecule has 2 rings (SSSR count). The molecule has 1 N–H and O–H groups in total. The molecule has 5 nitrogen and oxygen atoms in total. The number of pyridine rings is 1. The number of hydrogen-bond donors (Lipinski definition) is 1. The smallest absolute Gasteiger partial charge is 0.430 e. The fourth-order valence-corrected chi connectivity index (χ4v) is 3.46. The molecule has 0 aliphatic carbocycles. The predicted molar refractivity (Wildman–Crippen MR) is 110 cm³/mol. The number of aromatic nitrogens is 1. The van der Waals surface area contributed by atoms with Gasteiger partial charge in [0.05, 0.1) is 6.61 Å². The third-order valence-corrected chi connectivity index (χ3v) is 5.44. The van der Waals surface area contributed by atoms with Gasteiger partial charge >= 0.3 is 12.4 Å². The Morgan fingerprint density at radius 2 is 1.69 bits per heavy atom. The summed E-state index contributed by atoms with van der Waals surface area (Å²) in [5.41, 5.74) is -5.11. The normalized spacial score (nSPS) is 12.8. The number of nitrogens with zero attached hydrogens (tertiary/aromatic N) is 1. The maximum atomic E-state index is 13.8. The van der Waals surface area contributed by atoms with Crippen molar-refractivity contribution in [1.82, 2.24) is 4.98 Å². The van der Waals surface area contributed by atoms with Crippen molar-refractivity contribution in [3.8, 4) is 11.6 Å². The highest BCUT2D eigenvalue weighted by Crippen LogP contribution is 2.53. The van der Waals surface area contributed by atoms with Crippen LogP contribution in [0.1, 0.15) is 30.0 Å². The topological polar surface area (TPSA) is 60.8 Å². The van der Waals surface area contributed by atoms with Crippen molar-refractivity contribution in [3.63, 3.8) is 0 Å². The van der Waals surface area contributed by atoms with Crippen LogP contribution in [-0.2, 0) is 28.1 Å². The van der Waals surface area contributed by atoms with Crippen molar-refractivity contribution in [3.05, 3.63) is 50.7 Å². The minimum atomic E-state index is -5.82. The van der Waals surface area contributed by atoms with Gasteiger partial charge in [0.25, 0.3) is 5.60 Å². The quantitative estimate of drug-likeness (QED) is 0.229. The second-order valence-electron chi connectivity index (χ2n) is 6.67. The molecule has 0 saturated carbocycles. The zero-order chi connectivity index (χ0) is 24.2. The number of aliphatic hydroxyl groups excluding tert-OH is 1. The molecule has 178 valence electrons. The van der Waals surface area contributed by atoms with E-state index in [1.54, 1.807) is 6.92 Å². The fourth-order valence-electron chi connectivity index (χ4n) is 2.99. The van der Waals surface area contributed by atoms with Crippen LogP contribution in [0.5, 0.6) is 11.6 Å². The standard InChI is InChI=1S/C20H20F6INO4/c1-3-4-12-7-14(18(19(21,22)23,20(24,25)26)31-11-30-2)5-6-16(12)32-17-8-13(10-29)15(27)9-28-17/h5-9,29H,3-4,10-11H2,1-2H3. The van der Waals surface area contributed by atoms with Gasteiger partial charge in [0.2, 0.25) is 5.88 Å². The van der Waals surface area contributed by atoms with E-state index in [0.29, 0.717) is 21.6 Å². The van der Waals surface area contributed by atoms with Crippen LogP contribution in [0.2, 0.25) is 0 Å². The van der Waals surface area contributed by atoms with Gasteiger partial charge in [0.1, 0.15) is 12.5 Å². The molecule has 0 unspecified atom stereocenters. The second kappa shape index (κ2) is 10.5. The van der Waals surface area contributed by atoms with E-state index in [2.05, 4.69) is 14.5 Å². The van der Waals surface area contributed by atoms with Crippen LogP contribution in [0.4, 0.5) is 26.3 Å². The number of rotatable bonds is 9. The van der Waals surface area contributed by atoms with Crippen LogP contribution in [0.25, 0.3) is 0 Å². The summed E-state index contributed by atoms with van der Waals surface area (Å²) in [6, 6.07) is 3.88. The summed E-state index contributed by atoms with van der Waals surface area (Å²) in [6.45, 7) is 0.191. The van der Waals surface area contributed by atoms with Gasteiger partial charge < -0.3 is 19.3 Å². The van der Waals surface area contributed by atoms with E-state index < -0.39 is 30.3 Å². The van der Waals surface area contributed by atoms with Crippen molar-refractivity contribution < 1.29 is 45.7 Å². The molecule has 0 amide bonds. The molecule has 12 heteroatoms. The number of benzene rings is 1. The Balaban J connectivity index is 2.60. The molecule has 1 heterocycles. The highest BCUT2D eigenvalue weighted by atomic mass is 127. The lowest BCUT2D eigenvalue weighted by Crippen LogP contribution is -2.56. The number of ether oxygens (including phenoxy) is 3. The van der Waals surface area contributed by atoms with E-state index in [0.717, 1.165) is 19.2 Å². The van der Waals surface area contributed by atoms with Crippen LogP contribution in [0.15, 0.2) is 30.5 Å². The predicted octanol–water partition coefficient (Wildman–Crippen LogP) is 5.86. The lowest BCUT2D eigenvalue weighted by atomic mass is 9.89. The Kier molecular flexibility index (Phi) is 8.76. The number of aliphatic hydroxyl groups is 1. The van der Waals surface area contributed by atoms with Crippen LogP contribution in [0, 0.1) is 3.57 Å². The third kappa shape index (κ3) is 5.46. The molecule has 0 radical (unpaired) electrons. The summed E-state index contributed by atoms with van der Waals surface area (Å²) in [4.78, 5) is 4.03. The molecule has 0 spiro atoms. The summed E-state index contributed by atoms with van der Waals surface area (Å²) in [5.74, 6) is 0.0753. The lowest BCUT2D eigenvalue weighted by molar-refractivity contribution is -0.400. The van der Waals surface area contributed by atoms with E-state index in [4.69, 9.17) is 4.74 Å². The summed E-state index contributed by atoms with van der Waals surface area (Å²) in [6.07, 6.45) is -9.65. The van der Waals surface area contributed by atoms with Gasteiger partial charge in [-0.25, -0.2) is 4.98 Å². The van der Waals surface area contributed by atoms with Crippen LogP contribution < -0.4 is 4.74 Å². The van der Waals surface area contributed by atoms with Gasteiger partial charge in [-0.1, -0.05) is 19.4 Å². The molecule has 0 aliphatic rings. The van der Waals surface area contributed by atoms with Gasteiger partial charge in [-0.05, 0) is 52.3 Å². The molecule has 1 aromatic carbocycles. The number of hydrogen-bond acceptors (Lipinski definition) is 5. The summed E-state index contributed by atoms with van der Waals surface area (Å²) < 4.78 is 97.7. The van der Waals surface area contributed by atoms with Gasteiger partial charge in [-0.3, -0.25) is 0 Å². The summed E-state index contributed by atoms with van der Waals surface area (Å²) in [5, 5.41) is 9.37. The Hall–Kier alpha value is -1.64. The van der Waals surface area contributed by atoms with E-state index in [9.17, 15) is 31.4 Å². The summed E-state index contributed by atoms with van der Waals surface area (Å²) >= 11 is 1.95. The number of alkyl halides is 6. The van der Waals surface area contributed by atoms with Crippen LogP contribution in [-0.4, -0.2) is 36.3 Å². The molecule has 2 aromatic rings. The summed E-state index contributed by atoms with van der Waals surface area (Å²) in [7, 11) is 0.922. The molecule has 0 fully saturated rings. The fraction of sp³-hybridized carbons (Fsp3) is 0.450. The minimum Gasteiger partial charge on any atom is -0.439 e. The van der Waals surface area contributed by atoms with Gasteiger partial charge in [0.15, 0.2) is 0 Å². The monoisotopic (exact) mass is 579 g/mol. The molecular formula is C20H20F6INO4. The average Bonchev–Trinajstić information content (AvgIpc) is 2.69. The first-order chi connectivity index (χ1) is 14.9. The van der Waals surface area contributed by atoms with Crippen molar-refractivity contribution in [1.29, 1.82) is 0 Å². The molecule has 0 bridgehead atoms. The van der Waals surface area contributed by atoms with Gasteiger partial charge in [-0.15, -0.1) is 0 Å². The van der Waals surface area contributed by atoms with Gasteiger partial charge in [-0.2, -0.15) is 26.3 Å². The SMILES string of the molecule is CCCc1cc(C(OCOC)(C(F)(F)F)C(F)(F)F)ccc1Oc1cc(CO)c(I)cn1. The molecular weight excluding hydrogens is 559 g/mol. The van der Waals surface area contributed by atoms with Gasteiger partial charge in [0, 0.05) is 28.5 Å². The third-order valence-electron chi connectivity index (χ3n) is 4.47. The zero-order valence-electron chi connectivity index (χ0n) is 17.0. The number of halogens is 7. The molecule has 1 aromatic heterocycles. The minimum absolute atomic E-state index is 0.0353. The second-order valence-corrected chi connectivity index (χ2v) is 7.84. The lowest BCUT2D eigenvalue weighted by Gasteiger charge is -2.37. The van der Waals surface area contributed by atoms with E-state index in [1.807, 2.05) is 22.6 Å². The number of methoxy groups -OCH3 is 1. The van der Waals surface area contributed by atoms with Crippen molar-refractivity contribution in [2.75, 3.05) is 13.9 Å². The Bertz CT molecular complexity index is 906. The number of aryl methyl sites for hydroxylation is 1. The first kappa shape index (κ1) is 26.6. The van der Waals surface area contributed by atoms with E-state index in [-0.39, 0.29) is 30.2 Å². The Labute approximate surface area is 193 Å². The largest absolute Gasteiger partial charge is 0.439 e. The Morgan fingerprint density at radius 1 is 1.03 bits per heavy atom. The molecule has 0 atom stereocenters. The van der Waals surface area contributed by atoms with Crippen LogP contribution in [0.3, 0.4) is 0 Å². The molecule has 0 aliphatic heterocycles. The van der Waals surface area contributed by atoms with Crippen LogP contribution >= 0.6 is 22.6 Å². The van der Waals surface area contributed by atoms with E-state index >= 15 is 0 Å². The first-order valence-corrected chi connectivity index (χ1v) is 10.3. The first-order valence-electron chi connectivity index (χ1n) is 9.24. The van der Waals surface area contributed by atoms with Crippen molar-refractivity contribution in [2.24, 2.45) is 0 Å². The van der Waals surface area contributed by atoms with Crippen molar-refractivity contribution in [2.45, 2.75) is 44.3 Å². The maximum Gasteiger partial charge on any atom is 0.430 e. The van der Waals surface area contributed by atoms with E-state index in [1.165, 1.54) is 12.3 Å².